The zero-order valence-electron chi connectivity index (χ0n) is 6.87. The van der Waals surface area contributed by atoms with Crippen molar-refractivity contribution in [1.82, 2.24) is 5.32 Å². The summed E-state index contributed by atoms with van der Waals surface area (Å²) in [6.07, 6.45) is 4.04. The van der Waals surface area contributed by atoms with Crippen LogP contribution in [0.1, 0.15) is 11.6 Å². The standard InChI is InChI=1S/C10H10NO/c1-12-9-4-2-3-8(7-9)10-5-6-11-10/h2-3,5-7,10-11H,1H3. The Labute approximate surface area is 71.9 Å². The predicted molar refractivity (Wildman–Crippen MR) is 46.8 cm³/mol. The van der Waals surface area contributed by atoms with Crippen molar-refractivity contribution in [3.63, 3.8) is 0 Å². The molecule has 0 aliphatic carbocycles. The molecule has 0 aromatic heterocycles. The van der Waals surface area contributed by atoms with E-state index in [0.29, 0.717) is 6.04 Å². The Hall–Kier alpha value is -1.44. The van der Waals surface area contributed by atoms with Gasteiger partial charge >= 0.3 is 0 Å². The van der Waals surface area contributed by atoms with Crippen LogP contribution in [0.4, 0.5) is 0 Å². The minimum atomic E-state index is 0.355. The Morgan fingerprint density at radius 2 is 2.42 bits per heavy atom. The number of hydrogen-bond donors (Lipinski definition) is 1. The fourth-order valence-electron chi connectivity index (χ4n) is 1.17. The molecule has 0 amide bonds. The van der Waals surface area contributed by atoms with Crippen molar-refractivity contribution in [3.05, 3.63) is 42.1 Å². The Morgan fingerprint density at radius 1 is 1.58 bits per heavy atom. The molecule has 2 heteroatoms. The summed E-state index contributed by atoms with van der Waals surface area (Å²) in [6, 6.07) is 9.24. The molecule has 1 aromatic carbocycles. The lowest BCUT2D eigenvalue weighted by Crippen LogP contribution is -2.21. The molecule has 1 unspecified atom stereocenters. The second kappa shape index (κ2) is 2.89. The highest BCUT2D eigenvalue weighted by Gasteiger charge is 2.11. The number of ether oxygens (including phenoxy) is 1. The molecule has 1 N–H and O–H groups in total. The molecule has 1 radical (unpaired) electrons. The molecule has 12 heavy (non-hydrogen) atoms. The number of hydrogen-bond acceptors (Lipinski definition) is 2. The van der Waals surface area contributed by atoms with E-state index in [0.717, 1.165) is 5.75 Å². The summed E-state index contributed by atoms with van der Waals surface area (Å²) in [5.74, 6) is 0.787. The first-order valence-corrected chi connectivity index (χ1v) is 3.88. The van der Waals surface area contributed by atoms with Crippen molar-refractivity contribution in [2.75, 3.05) is 7.11 Å². The van der Waals surface area contributed by atoms with Crippen molar-refractivity contribution >= 4 is 0 Å². The third-order valence-electron chi connectivity index (χ3n) is 1.94. The minimum absolute atomic E-state index is 0.355. The molecule has 1 aliphatic heterocycles. The van der Waals surface area contributed by atoms with Gasteiger partial charge in [0.15, 0.2) is 0 Å². The molecular weight excluding hydrogens is 150 g/mol. The average Bonchev–Trinajstić information content (AvgIpc) is 2.02. The van der Waals surface area contributed by atoms with Crippen LogP contribution >= 0.6 is 0 Å². The summed E-state index contributed by atoms with van der Waals surface area (Å²) in [7, 11) is 1.65. The van der Waals surface area contributed by atoms with Crippen molar-refractivity contribution in [1.29, 1.82) is 0 Å². The monoisotopic (exact) mass is 160 g/mol. The third-order valence-corrected chi connectivity index (χ3v) is 1.94. The Kier molecular flexibility index (Phi) is 1.74. The van der Waals surface area contributed by atoms with Crippen LogP contribution in [0, 0.1) is 6.07 Å². The van der Waals surface area contributed by atoms with Crippen LogP contribution in [0.25, 0.3) is 0 Å². The van der Waals surface area contributed by atoms with Gasteiger partial charge < -0.3 is 10.1 Å². The second-order valence-corrected chi connectivity index (χ2v) is 2.69. The fraction of sp³-hybridized carbons (Fsp3) is 0.200. The highest BCUT2D eigenvalue weighted by molar-refractivity contribution is 5.33. The van der Waals surface area contributed by atoms with Crippen LogP contribution < -0.4 is 10.1 Å². The van der Waals surface area contributed by atoms with Crippen LogP contribution in [-0.4, -0.2) is 7.11 Å². The molecule has 2 nitrogen and oxygen atoms in total. The van der Waals surface area contributed by atoms with E-state index < -0.39 is 0 Å². The lowest BCUT2D eigenvalue weighted by Gasteiger charge is -2.21. The van der Waals surface area contributed by atoms with Crippen molar-refractivity contribution < 1.29 is 4.74 Å². The van der Waals surface area contributed by atoms with Gasteiger partial charge in [0.25, 0.3) is 0 Å². The summed E-state index contributed by atoms with van der Waals surface area (Å²) < 4.78 is 5.07. The van der Waals surface area contributed by atoms with E-state index in [2.05, 4.69) is 17.5 Å². The number of benzene rings is 1. The number of nitrogens with one attached hydrogen (secondary N) is 1. The van der Waals surface area contributed by atoms with E-state index in [1.54, 1.807) is 7.11 Å². The molecule has 0 bridgehead atoms. The van der Waals surface area contributed by atoms with E-state index >= 15 is 0 Å². The quantitative estimate of drug-likeness (QED) is 0.710. The summed E-state index contributed by atoms with van der Waals surface area (Å²) in [5, 5.41) is 3.16. The smallest absolute Gasteiger partial charge is 0.127 e. The summed E-state index contributed by atoms with van der Waals surface area (Å²) >= 11 is 0. The van der Waals surface area contributed by atoms with Crippen molar-refractivity contribution in [2.45, 2.75) is 6.04 Å². The van der Waals surface area contributed by atoms with E-state index in [1.807, 2.05) is 24.4 Å². The molecule has 61 valence electrons. The number of methoxy groups -OCH3 is 1. The molecule has 0 saturated carbocycles. The van der Waals surface area contributed by atoms with Gasteiger partial charge in [0.1, 0.15) is 5.75 Å². The first-order chi connectivity index (χ1) is 5.90. The van der Waals surface area contributed by atoms with Crippen LogP contribution in [0.15, 0.2) is 30.5 Å². The maximum absolute atomic E-state index is 5.07. The predicted octanol–water partition coefficient (Wildman–Crippen LogP) is 1.65. The summed E-state index contributed by atoms with van der Waals surface area (Å²) in [6.45, 7) is 0. The molecule has 1 atom stereocenters. The van der Waals surface area contributed by atoms with E-state index in [1.165, 1.54) is 5.56 Å². The van der Waals surface area contributed by atoms with E-state index in [9.17, 15) is 0 Å². The molecular formula is C10H10NO. The van der Waals surface area contributed by atoms with E-state index in [-0.39, 0.29) is 0 Å². The van der Waals surface area contributed by atoms with Gasteiger partial charge in [0, 0.05) is 6.07 Å². The van der Waals surface area contributed by atoms with Gasteiger partial charge in [0.05, 0.1) is 13.2 Å². The van der Waals surface area contributed by atoms with Crippen LogP contribution in [0.3, 0.4) is 0 Å². The average molecular weight is 160 g/mol. The SMILES string of the molecule is COc1[c]ccc(C2C=CN2)c1. The molecule has 2 rings (SSSR count). The molecule has 0 saturated heterocycles. The van der Waals surface area contributed by atoms with Crippen LogP contribution in [0.5, 0.6) is 5.75 Å². The lowest BCUT2D eigenvalue weighted by molar-refractivity contribution is 0.413. The molecule has 1 heterocycles. The first-order valence-electron chi connectivity index (χ1n) is 3.88. The Balaban J connectivity index is 2.26. The molecule has 0 fully saturated rings. The Bertz CT molecular complexity index is 306. The Morgan fingerprint density at radius 3 is 3.00 bits per heavy atom. The first kappa shape index (κ1) is 7.22. The third kappa shape index (κ3) is 1.16. The topological polar surface area (TPSA) is 21.3 Å². The molecule has 1 aromatic rings. The van der Waals surface area contributed by atoms with Gasteiger partial charge in [0.2, 0.25) is 0 Å². The molecule has 1 aliphatic rings. The highest BCUT2D eigenvalue weighted by atomic mass is 16.5. The van der Waals surface area contributed by atoms with Gasteiger partial charge in [-0.2, -0.15) is 0 Å². The van der Waals surface area contributed by atoms with Gasteiger partial charge in [-0.25, -0.2) is 0 Å². The highest BCUT2D eigenvalue weighted by Crippen LogP contribution is 2.22. The van der Waals surface area contributed by atoms with Gasteiger partial charge in [-0.3, -0.25) is 0 Å². The second-order valence-electron chi connectivity index (χ2n) is 2.69. The number of rotatable bonds is 2. The zero-order valence-corrected chi connectivity index (χ0v) is 6.87. The van der Waals surface area contributed by atoms with Crippen molar-refractivity contribution in [2.24, 2.45) is 0 Å². The maximum Gasteiger partial charge on any atom is 0.127 e. The van der Waals surface area contributed by atoms with E-state index in [4.69, 9.17) is 4.74 Å². The van der Waals surface area contributed by atoms with Crippen LogP contribution in [-0.2, 0) is 0 Å². The van der Waals surface area contributed by atoms with Crippen molar-refractivity contribution in [3.8, 4) is 5.75 Å². The summed E-state index contributed by atoms with van der Waals surface area (Å²) in [5.41, 5.74) is 1.22. The maximum atomic E-state index is 5.07. The minimum Gasteiger partial charge on any atom is -0.496 e. The largest absolute Gasteiger partial charge is 0.496 e. The molecule has 0 spiro atoms. The normalized spacial score (nSPS) is 19.6. The fourth-order valence-corrected chi connectivity index (χ4v) is 1.17. The van der Waals surface area contributed by atoms with Crippen LogP contribution in [0.2, 0.25) is 0 Å². The zero-order chi connectivity index (χ0) is 8.39. The van der Waals surface area contributed by atoms with Gasteiger partial charge in [-0.15, -0.1) is 0 Å². The lowest BCUT2D eigenvalue weighted by atomic mass is 10.0. The van der Waals surface area contributed by atoms with Gasteiger partial charge in [-0.1, -0.05) is 12.1 Å². The van der Waals surface area contributed by atoms with Gasteiger partial charge in [-0.05, 0) is 23.9 Å². The summed E-state index contributed by atoms with van der Waals surface area (Å²) in [4.78, 5) is 0.